The van der Waals surface area contributed by atoms with Crippen LogP contribution in [0.1, 0.15) is 32.3 Å². The minimum atomic E-state index is -4.10. The lowest BCUT2D eigenvalue weighted by Crippen LogP contribution is -2.52. The van der Waals surface area contributed by atoms with Crippen molar-refractivity contribution in [2.75, 3.05) is 23.9 Å². The first-order valence-corrected chi connectivity index (χ1v) is 14.5. The Morgan fingerprint density at radius 2 is 1.61 bits per heavy atom. The Morgan fingerprint density at radius 3 is 2.24 bits per heavy atom. The van der Waals surface area contributed by atoms with E-state index in [1.54, 1.807) is 43.3 Å². The van der Waals surface area contributed by atoms with E-state index in [0.717, 1.165) is 22.7 Å². The highest BCUT2D eigenvalue weighted by molar-refractivity contribution is 7.92. The lowest BCUT2D eigenvalue weighted by atomic mass is 10.1. The van der Waals surface area contributed by atoms with Gasteiger partial charge in [0, 0.05) is 18.1 Å². The van der Waals surface area contributed by atoms with Crippen LogP contribution >= 0.6 is 11.6 Å². The van der Waals surface area contributed by atoms with E-state index in [1.807, 2.05) is 37.3 Å². The third kappa shape index (κ3) is 7.82. The fourth-order valence-corrected chi connectivity index (χ4v) is 5.60. The average molecular weight is 556 g/mol. The van der Waals surface area contributed by atoms with Crippen LogP contribution in [0.3, 0.4) is 0 Å². The smallest absolute Gasteiger partial charge is 0.264 e. The second kappa shape index (κ2) is 14.0. The van der Waals surface area contributed by atoms with Crippen LogP contribution in [0.25, 0.3) is 0 Å². The summed E-state index contributed by atoms with van der Waals surface area (Å²) in [6, 6.07) is 23.1. The molecule has 0 bridgehead atoms. The Bertz CT molecular complexity index is 1300. The summed E-state index contributed by atoms with van der Waals surface area (Å²) >= 11 is 6.18. The number of hydrogen-bond donors (Lipinski definition) is 1. The first kappa shape index (κ1) is 29.2. The Kier molecular flexibility index (Phi) is 10.7. The number of hydrogen-bond acceptors (Lipinski definition) is 4. The molecule has 3 aromatic rings. The summed E-state index contributed by atoms with van der Waals surface area (Å²) in [5.41, 5.74) is 1.27. The van der Waals surface area contributed by atoms with Crippen molar-refractivity contribution in [3.63, 3.8) is 0 Å². The zero-order valence-corrected chi connectivity index (χ0v) is 23.3. The minimum Gasteiger partial charge on any atom is -0.354 e. The van der Waals surface area contributed by atoms with E-state index in [-0.39, 0.29) is 23.0 Å². The molecular weight excluding hydrogens is 522 g/mol. The molecular formula is C29H34ClN3O4S. The van der Waals surface area contributed by atoms with Crippen LogP contribution in [-0.4, -0.2) is 50.8 Å². The second-order valence-electron chi connectivity index (χ2n) is 8.95. The van der Waals surface area contributed by atoms with Gasteiger partial charge >= 0.3 is 0 Å². The summed E-state index contributed by atoms with van der Waals surface area (Å²) in [6.07, 6.45) is 2.27. The number of carbonyl (C=O) groups excluding carboxylic acids is 2. The monoisotopic (exact) mass is 555 g/mol. The van der Waals surface area contributed by atoms with Crippen molar-refractivity contribution in [1.82, 2.24) is 10.2 Å². The number of amides is 2. The number of nitrogens with zero attached hydrogens (tertiary/aromatic N) is 2. The predicted octanol–water partition coefficient (Wildman–Crippen LogP) is 4.91. The number of unbranched alkanes of at least 4 members (excludes halogenated alkanes) is 1. The van der Waals surface area contributed by atoms with E-state index >= 15 is 0 Å². The van der Waals surface area contributed by atoms with E-state index in [2.05, 4.69) is 5.32 Å². The van der Waals surface area contributed by atoms with Crippen LogP contribution in [0.2, 0.25) is 5.02 Å². The van der Waals surface area contributed by atoms with Gasteiger partial charge in [-0.1, -0.05) is 79.5 Å². The molecule has 1 atom stereocenters. The van der Waals surface area contributed by atoms with Crippen molar-refractivity contribution < 1.29 is 18.0 Å². The molecule has 9 heteroatoms. The molecule has 3 aromatic carbocycles. The summed E-state index contributed by atoms with van der Waals surface area (Å²) in [5.74, 6) is -0.765. The molecule has 38 heavy (non-hydrogen) atoms. The normalized spacial score (nSPS) is 12.0. The largest absolute Gasteiger partial charge is 0.354 e. The molecule has 0 radical (unpaired) electrons. The zero-order chi connectivity index (χ0) is 27.5. The molecule has 0 aliphatic rings. The second-order valence-corrected chi connectivity index (χ2v) is 11.2. The van der Waals surface area contributed by atoms with Gasteiger partial charge in [-0.2, -0.15) is 0 Å². The molecule has 1 unspecified atom stereocenters. The van der Waals surface area contributed by atoms with Crippen LogP contribution in [0.15, 0.2) is 89.8 Å². The summed E-state index contributed by atoms with van der Waals surface area (Å²) in [5, 5.41) is 3.22. The van der Waals surface area contributed by atoms with Crippen molar-refractivity contribution in [2.24, 2.45) is 0 Å². The Labute approximate surface area is 230 Å². The lowest BCUT2D eigenvalue weighted by molar-refractivity contribution is -0.138. The molecule has 0 aliphatic carbocycles. The van der Waals surface area contributed by atoms with Gasteiger partial charge in [0.05, 0.1) is 10.6 Å². The summed E-state index contributed by atoms with van der Waals surface area (Å²) < 4.78 is 28.4. The van der Waals surface area contributed by atoms with Crippen LogP contribution in [0.4, 0.5) is 5.69 Å². The predicted molar refractivity (Wildman–Crippen MR) is 152 cm³/mol. The zero-order valence-electron chi connectivity index (χ0n) is 21.7. The van der Waals surface area contributed by atoms with Gasteiger partial charge in [-0.3, -0.25) is 13.9 Å². The highest BCUT2D eigenvalue weighted by Gasteiger charge is 2.32. The van der Waals surface area contributed by atoms with Gasteiger partial charge in [-0.15, -0.1) is 0 Å². The number of anilines is 1. The van der Waals surface area contributed by atoms with Crippen LogP contribution in [-0.2, 0) is 26.0 Å². The SMILES string of the molecule is CCCCNC(=O)C(C)N(CCc1ccccc1)C(=O)CN(c1cccc(Cl)c1)S(=O)(=O)c1ccccc1. The number of rotatable bonds is 13. The standard InChI is InChI=1S/C29H34ClN3O4S/c1-3-4-19-31-29(35)23(2)32(20-18-24-12-7-5-8-13-24)28(34)22-33(26-15-11-14-25(30)21-26)38(36,37)27-16-9-6-10-17-27/h5-17,21,23H,3-4,18-20,22H2,1-2H3,(H,31,35). The van der Waals surface area contributed by atoms with Crippen LogP contribution in [0.5, 0.6) is 0 Å². The van der Waals surface area contributed by atoms with Gasteiger partial charge in [0.2, 0.25) is 11.8 Å². The summed E-state index contributed by atoms with van der Waals surface area (Å²) in [6.45, 7) is 3.97. The maximum atomic E-state index is 13.8. The maximum absolute atomic E-state index is 13.8. The molecule has 2 amide bonds. The van der Waals surface area contributed by atoms with E-state index in [4.69, 9.17) is 11.6 Å². The molecule has 0 aromatic heterocycles. The van der Waals surface area contributed by atoms with Crippen molar-refractivity contribution >= 4 is 39.1 Å². The number of halogens is 1. The molecule has 0 aliphatic heterocycles. The van der Waals surface area contributed by atoms with Crippen molar-refractivity contribution in [3.8, 4) is 0 Å². The topological polar surface area (TPSA) is 86.8 Å². The molecule has 1 N–H and O–H groups in total. The first-order chi connectivity index (χ1) is 18.2. The fourth-order valence-electron chi connectivity index (χ4n) is 3.99. The Morgan fingerprint density at radius 1 is 0.947 bits per heavy atom. The first-order valence-electron chi connectivity index (χ1n) is 12.7. The van der Waals surface area contributed by atoms with E-state index in [1.165, 1.54) is 23.1 Å². The third-order valence-corrected chi connectivity index (χ3v) is 8.21. The Hall–Kier alpha value is -3.36. The molecule has 7 nitrogen and oxygen atoms in total. The van der Waals surface area contributed by atoms with Crippen molar-refractivity contribution in [2.45, 2.75) is 44.0 Å². The third-order valence-electron chi connectivity index (χ3n) is 6.19. The molecule has 0 heterocycles. The molecule has 202 valence electrons. The fraction of sp³-hybridized carbons (Fsp3) is 0.310. The van der Waals surface area contributed by atoms with E-state index in [0.29, 0.717) is 18.0 Å². The van der Waals surface area contributed by atoms with Crippen molar-refractivity contribution in [3.05, 3.63) is 95.5 Å². The van der Waals surface area contributed by atoms with E-state index < -0.39 is 28.5 Å². The quantitative estimate of drug-likeness (QED) is 0.304. The maximum Gasteiger partial charge on any atom is 0.264 e. The van der Waals surface area contributed by atoms with Gasteiger partial charge in [0.15, 0.2) is 0 Å². The van der Waals surface area contributed by atoms with Gasteiger partial charge in [0.1, 0.15) is 12.6 Å². The minimum absolute atomic E-state index is 0.0500. The number of nitrogens with one attached hydrogen (secondary N) is 1. The van der Waals surface area contributed by atoms with E-state index in [9.17, 15) is 18.0 Å². The molecule has 3 rings (SSSR count). The molecule has 0 spiro atoms. The highest BCUT2D eigenvalue weighted by Crippen LogP contribution is 2.26. The van der Waals surface area contributed by atoms with Gasteiger partial charge < -0.3 is 10.2 Å². The number of sulfonamides is 1. The summed E-state index contributed by atoms with van der Waals surface area (Å²) in [7, 11) is -4.10. The van der Waals surface area contributed by atoms with Gasteiger partial charge in [-0.05, 0) is 55.7 Å². The lowest BCUT2D eigenvalue weighted by Gasteiger charge is -2.32. The Balaban J connectivity index is 1.93. The van der Waals surface area contributed by atoms with Gasteiger partial charge in [0.25, 0.3) is 10.0 Å². The molecule has 0 saturated heterocycles. The highest BCUT2D eigenvalue weighted by atomic mass is 35.5. The molecule has 0 fully saturated rings. The van der Waals surface area contributed by atoms with Gasteiger partial charge in [-0.25, -0.2) is 8.42 Å². The van der Waals surface area contributed by atoms with Crippen molar-refractivity contribution in [1.29, 1.82) is 0 Å². The summed E-state index contributed by atoms with van der Waals surface area (Å²) in [4.78, 5) is 28.2. The number of carbonyl (C=O) groups is 2. The molecule has 0 saturated carbocycles. The average Bonchev–Trinajstić information content (AvgIpc) is 2.92. The van der Waals surface area contributed by atoms with Crippen LogP contribution < -0.4 is 9.62 Å². The van der Waals surface area contributed by atoms with Crippen LogP contribution in [0, 0.1) is 0 Å². The number of benzene rings is 3.